The van der Waals surface area contributed by atoms with Gasteiger partial charge in [0.25, 0.3) is 11.8 Å². The van der Waals surface area contributed by atoms with E-state index in [0.29, 0.717) is 40.9 Å². The minimum Gasteiger partial charge on any atom is -0.350 e. The maximum absolute atomic E-state index is 13.7. The first-order valence-corrected chi connectivity index (χ1v) is 11.9. The van der Waals surface area contributed by atoms with E-state index in [2.05, 4.69) is 22.2 Å². The van der Waals surface area contributed by atoms with Crippen LogP contribution in [-0.2, 0) is 18.6 Å². The quantitative estimate of drug-likeness (QED) is 0.454. The molecule has 0 radical (unpaired) electrons. The number of benzene rings is 2. The van der Waals surface area contributed by atoms with Crippen molar-refractivity contribution < 1.29 is 14.0 Å². The number of aromatic amines is 1. The molecule has 0 bridgehead atoms. The average Bonchev–Trinajstić information content (AvgIpc) is 3.39. The minimum absolute atomic E-state index is 0.102. The largest absolute Gasteiger partial charge is 0.350 e. The number of halogens is 2. The van der Waals surface area contributed by atoms with Gasteiger partial charge in [0, 0.05) is 19.0 Å². The summed E-state index contributed by atoms with van der Waals surface area (Å²) in [6.07, 6.45) is 3.43. The van der Waals surface area contributed by atoms with Crippen molar-refractivity contribution in [3.63, 3.8) is 0 Å². The van der Waals surface area contributed by atoms with E-state index in [1.54, 1.807) is 21.8 Å². The van der Waals surface area contributed by atoms with Gasteiger partial charge < -0.3 is 14.8 Å². The van der Waals surface area contributed by atoms with Crippen LogP contribution in [0.5, 0.6) is 0 Å². The summed E-state index contributed by atoms with van der Waals surface area (Å²) in [5.74, 6) is -0.809. The molecular formula is C26H23ClFN5O2. The van der Waals surface area contributed by atoms with Crippen molar-refractivity contribution in [2.75, 3.05) is 13.6 Å². The molecule has 1 aliphatic carbocycles. The first-order valence-electron chi connectivity index (χ1n) is 11.5. The summed E-state index contributed by atoms with van der Waals surface area (Å²) in [6.45, 7) is 1.18. The molecule has 1 N–H and O–H groups in total. The first-order chi connectivity index (χ1) is 16.9. The zero-order valence-corrected chi connectivity index (χ0v) is 19.8. The van der Waals surface area contributed by atoms with Crippen molar-refractivity contribution in [3.8, 4) is 0 Å². The summed E-state index contributed by atoms with van der Waals surface area (Å²) in [5.41, 5.74) is 2.85. The molecule has 0 saturated heterocycles. The summed E-state index contributed by atoms with van der Waals surface area (Å²) < 4.78 is 15.5. The Morgan fingerprint density at radius 3 is 2.66 bits per heavy atom. The van der Waals surface area contributed by atoms with Gasteiger partial charge in [-0.1, -0.05) is 41.9 Å². The van der Waals surface area contributed by atoms with Crippen LogP contribution in [0.3, 0.4) is 0 Å². The molecule has 2 aromatic heterocycles. The van der Waals surface area contributed by atoms with Crippen molar-refractivity contribution in [2.24, 2.45) is 0 Å². The van der Waals surface area contributed by atoms with Crippen LogP contribution in [0.25, 0.3) is 10.9 Å². The highest BCUT2D eigenvalue weighted by molar-refractivity contribution is 6.35. The molecule has 7 nitrogen and oxygen atoms in total. The van der Waals surface area contributed by atoms with Gasteiger partial charge >= 0.3 is 0 Å². The Morgan fingerprint density at radius 1 is 1.14 bits per heavy atom. The number of aromatic nitrogens is 3. The molecule has 1 saturated carbocycles. The Balaban J connectivity index is 1.26. The van der Waals surface area contributed by atoms with Crippen LogP contribution in [0.1, 0.15) is 44.9 Å². The standard InChI is InChI=1S/C26H23ClFN5O2/c1-31(26(7-8-26)16-5-3-2-4-6-16)24(34)19-14-29-33-10-9-32(15-23(19)33)25(35)22-13-18-20(27)11-17(28)12-21(18)30-22/h2-6,11-14,30H,7-10,15H2,1H3. The molecule has 3 heterocycles. The Bertz CT molecular complexity index is 1470. The monoisotopic (exact) mass is 491 g/mol. The van der Waals surface area contributed by atoms with E-state index in [1.165, 1.54) is 12.1 Å². The second kappa shape index (κ2) is 7.95. The van der Waals surface area contributed by atoms with Crippen molar-refractivity contribution in [1.82, 2.24) is 24.6 Å². The third-order valence-corrected chi connectivity index (χ3v) is 7.57. The van der Waals surface area contributed by atoms with Gasteiger partial charge in [0.1, 0.15) is 11.5 Å². The van der Waals surface area contributed by atoms with Crippen molar-refractivity contribution in [1.29, 1.82) is 0 Å². The van der Waals surface area contributed by atoms with Gasteiger partial charge in [-0.3, -0.25) is 14.3 Å². The first kappa shape index (κ1) is 21.9. The molecule has 1 fully saturated rings. The van der Waals surface area contributed by atoms with Crippen molar-refractivity contribution >= 4 is 34.3 Å². The molecule has 35 heavy (non-hydrogen) atoms. The highest BCUT2D eigenvalue weighted by atomic mass is 35.5. The maximum Gasteiger partial charge on any atom is 0.270 e. The zero-order chi connectivity index (χ0) is 24.3. The van der Waals surface area contributed by atoms with E-state index in [-0.39, 0.29) is 28.9 Å². The average molecular weight is 492 g/mol. The zero-order valence-electron chi connectivity index (χ0n) is 19.1. The normalized spacial score (nSPS) is 16.3. The van der Waals surface area contributed by atoms with Crippen LogP contribution in [0.15, 0.2) is 54.7 Å². The van der Waals surface area contributed by atoms with E-state index in [4.69, 9.17) is 11.6 Å². The topological polar surface area (TPSA) is 74.2 Å². The predicted molar refractivity (Wildman–Crippen MR) is 130 cm³/mol. The van der Waals surface area contributed by atoms with Gasteiger partial charge in [0.15, 0.2) is 0 Å². The number of fused-ring (bicyclic) bond motifs is 2. The van der Waals surface area contributed by atoms with E-state index >= 15 is 0 Å². The Hall–Kier alpha value is -3.65. The van der Waals surface area contributed by atoms with Crippen molar-refractivity contribution in [3.05, 3.63) is 88.1 Å². The molecule has 0 spiro atoms. The lowest BCUT2D eigenvalue weighted by Gasteiger charge is -2.31. The second-order valence-corrected chi connectivity index (χ2v) is 9.66. The highest BCUT2D eigenvalue weighted by Crippen LogP contribution is 2.50. The fraction of sp³-hybridized carbons (Fsp3) is 0.269. The number of carbonyl (C=O) groups is 2. The molecular weight excluding hydrogens is 469 g/mol. The van der Waals surface area contributed by atoms with Gasteiger partial charge in [-0.2, -0.15) is 5.10 Å². The Labute approximate surface area is 206 Å². The van der Waals surface area contributed by atoms with Gasteiger partial charge in [-0.15, -0.1) is 0 Å². The smallest absolute Gasteiger partial charge is 0.270 e. The van der Waals surface area contributed by atoms with Crippen LogP contribution in [0, 0.1) is 5.82 Å². The lowest BCUT2D eigenvalue weighted by atomic mass is 10.0. The fourth-order valence-corrected chi connectivity index (χ4v) is 5.36. The molecule has 2 aliphatic rings. The molecule has 1 aliphatic heterocycles. The van der Waals surface area contributed by atoms with E-state index in [0.717, 1.165) is 18.4 Å². The van der Waals surface area contributed by atoms with Gasteiger partial charge in [-0.25, -0.2) is 4.39 Å². The molecule has 0 unspecified atom stereocenters. The van der Waals surface area contributed by atoms with Crippen LogP contribution in [0.2, 0.25) is 5.02 Å². The summed E-state index contributed by atoms with van der Waals surface area (Å²) in [6, 6.07) is 14.3. The third kappa shape index (κ3) is 3.51. The van der Waals surface area contributed by atoms with Crippen LogP contribution >= 0.6 is 11.6 Å². The summed E-state index contributed by atoms with van der Waals surface area (Å²) in [4.78, 5) is 33.4. The number of nitrogens with zero attached hydrogens (tertiary/aromatic N) is 4. The molecule has 2 amide bonds. The highest BCUT2D eigenvalue weighted by Gasteiger charge is 2.50. The summed E-state index contributed by atoms with van der Waals surface area (Å²) >= 11 is 6.15. The molecule has 2 aromatic carbocycles. The number of carbonyl (C=O) groups excluding carboxylic acids is 2. The maximum atomic E-state index is 13.7. The van der Waals surface area contributed by atoms with Crippen LogP contribution < -0.4 is 0 Å². The molecule has 6 rings (SSSR count). The molecule has 4 aromatic rings. The number of hydrogen-bond donors (Lipinski definition) is 1. The lowest BCUT2D eigenvalue weighted by Crippen LogP contribution is -2.41. The summed E-state index contributed by atoms with van der Waals surface area (Å²) in [7, 11) is 1.84. The number of amides is 2. The fourth-order valence-electron chi connectivity index (χ4n) is 5.10. The van der Waals surface area contributed by atoms with Crippen LogP contribution in [-0.4, -0.2) is 50.0 Å². The van der Waals surface area contributed by atoms with E-state index in [1.807, 2.05) is 30.1 Å². The SMILES string of the molecule is CN(C(=O)c1cnn2c1CN(C(=O)c1cc3c(Cl)cc(F)cc3[nH]1)CC2)C1(c2ccccc2)CC1. The Morgan fingerprint density at radius 2 is 1.91 bits per heavy atom. The van der Waals surface area contributed by atoms with Gasteiger partial charge in [0.2, 0.25) is 0 Å². The van der Waals surface area contributed by atoms with Crippen LogP contribution in [0.4, 0.5) is 4.39 Å². The van der Waals surface area contributed by atoms with Gasteiger partial charge in [0.05, 0.1) is 46.6 Å². The van der Waals surface area contributed by atoms with E-state index in [9.17, 15) is 14.0 Å². The Kier molecular flexibility index (Phi) is 4.96. The predicted octanol–water partition coefficient (Wildman–Crippen LogP) is 4.57. The third-order valence-electron chi connectivity index (χ3n) is 7.25. The number of nitrogens with one attached hydrogen (secondary N) is 1. The number of hydrogen-bond acceptors (Lipinski definition) is 3. The lowest BCUT2D eigenvalue weighted by molar-refractivity contribution is 0.0670. The molecule has 178 valence electrons. The second-order valence-electron chi connectivity index (χ2n) is 9.25. The summed E-state index contributed by atoms with van der Waals surface area (Å²) in [5, 5.41) is 5.26. The minimum atomic E-state index is -0.471. The molecule has 9 heteroatoms. The van der Waals surface area contributed by atoms with E-state index < -0.39 is 5.82 Å². The molecule has 0 atom stereocenters. The van der Waals surface area contributed by atoms with Gasteiger partial charge in [-0.05, 0) is 36.6 Å². The number of rotatable bonds is 4. The number of H-pyrrole nitrogens is 1. The van der Waals surface area contributed by atoms with Crippen molar-refractivity contribution in [2.45, 2.75) is 31.5 Å².